The summed E-state index contributed by atoms with van der Waals surface area (Å²) in [6, 6.07) is 5.78. The Labute approximate surface area is 113 Å². The lowest BCUT2D eigenvalue weighted by atomic mass is 10.2. The SMILES string of the molecule is C=CCN(Cc1ccccc1F)C(=O)[C@H](C)N.Cl. The molecular formula is C13H18ClFN2O. The number of rotatable bonds is 5. The third kappa shape index (κ3) is 4.47. The van der Waals surface area contributed by atoms with Crippen LogP contribution in [0.1, 0.15) is 12.5 Å². The first-order chi connectivity index (χ1) is 8.06. The van der Waals surface area contributed by atoms with Crippen molar-refractivity contribution in [2.24, 2.45) is 5.73 Å². The van der Waals surface area contributed by atoms with Crippen molar-refractivity contribution in [1.29, 1.82) is 0 Å². The average Bonchev–Trinajstić information content (AvgIpc) is 2.30. The van der Waals surface area contributed by atoms with Gasteiger partial charge in [0.15, 0.2) is 0 Å². The van der Waals surface area contributed by atoms with E-state index in [0.717, 1.165) is 0 Å². The lowest BCUT2D eigenvalue weighted by molar-refractivity contribution is -0.132. The quantitative estimate of drug-likeness (QED) is 0.835. The third-order valence-electron chi connectivity index (χ3n) is 2.37. The zero-order valence-corrected chi connectivity index (χ0v) is 11.1. The van der Waals surface area contributed by atoms with Crippen LogP contribution in [-0.2, 0) is 11.3 Å². The van der Waals surface area contributed by atoms with Gasteiger partial charge in [-0.3, -0.25) is 4.79 Å². The van der Waals surface area contributed by atoms with E-state index in [9.17, 15) is 9.18 Å². The fourth-order valence-electron chi connectivity index (χ4n) is 1.51. The Hall–Kier alpha value is -1.39. The van der Waals surface area contributed by atoms with Crippen LogP contribution in [0.15, 0.2) is 36.9 Å². The van der Waals surface area contributed by atoms with Gasteiger partial charge in [-0.15, -0.1) is 19.0 Å². The van der Waals surface area contributed by atoms with E-state index in [4.69, 9.17) is 5.73 Å². The van der Waals surface area contributed by atoms with Crippen LogP contribution in [0, 0.1) is 5.82 Å². The predicted octanol–water partition coefficient (Wildman–Crippen LogP) is 2.11. The van der Waals surface area contributed by atoms with Crippen LogP contribution in [-0.4, -0.2) is 23.4 Å². The second kappa shape index (κ2) is 7.84. The minimum atomic E-state index is -0.596. The van der Waals surface area contributed by atoms with Gasteiger partial charge in [-0.25, -0.2) is 4.39 Å². The summed E-state index contributed by atoms with van der Waals surface area (Å²) in [5, 5.41) is 0. The summed E-state index contributed by atoms with van der Waals surface area (Å²) in [5.74, 6) is -0.535. The fraction of sp³-hybridized carbons (Fsp3) is 0.308. The third-order valence-corrected chi connectivity index (χ3v) is 2.37. The number of hydrogen-bond donors (Lipinski definition) is 1. The van der Waals surface area contributed by atoms with Gasteiger partial charge in [0.25, 0.3) is 0 Å². The molecule has 0 radical (unpaired) electrons. The van der Waals surface area contributed by atoms with Crippen molar-refractivity contribution >= 4 is 18.3 Å². The van der Waals surface area contributed by atoms with Crippen molar-refractivity contribution in [1.82, 2.24) is 4.90 Å². The Morgan fingerprint density at radius 2 is 2.17 bits per heavy atom. The standard InChI is InChI=1S/C13H17FN2O.ClH/c1-3-8-16(13(17)10(2)15)9-11-6-4-5-7-12(11)14;/h3-7,10H,1,8-9,15H2,2H3;1H/t10-;/m0./s1. The van der Waals surface area contributed by atoms with E-state index < -0.39 is 6.04 Å². The zero-order valence-electron chi connectivity index (χ0n) is 10.3. The fourth-order valence-corrected chi connectivity index (χ4v) is 1.51. The van der Waals surface area contributed by atoms with E-state index >= 15 is 0 Å². The topological polar surface area (TPSA) is 46.3 Å². The molecule has 0 saturated heterocycles. The Bertz CT molecular complexity index is 410. The van der Waals surface area contributed by atoms with Gasteiger partial charge in [0.1, 0.15) is 5.82 Å². The first-order valence-electron chi connectivity index (χ1n) is 5.45. The van der Waals surface area contributed by atoms with Gasteiger partial charge in [-0.2, -0.15) is 0 Å². The van der Waals surface area contributed by atoms with Crippen LogP contribution in [0.2, 0.25) is 0 Å². The number of halogens is 2. The summed E-state index contributed by atoms with van der Waals surface area (Å²) in [7, 11) is 0. The predicted molar refractivity (Wildman–Crippen MR) is 72.9 cm³/mol. The van der Waals surface area contributed by atoms with Gasteiger partial charge in [-0.05, 0) is 13.0 Å². The van der Waals surface area contributed by atoms with Crippen LogP contribution in [0.25, 0.3) is 0 Å². The summed E-state index contributed by atoms with van der Waals surface area (Å²) >= 11 is 0. The molecule has 1 aromatic rings. The molecule has 18 heavy (non-hydrogen) atoms. The van der Waals surface area contributed by atoms with Crippen molar-refractivity contribution < 1.29 is 9.18 Å². The molecule has 1 amide bonds. The molecule has 0 aliphatic carbocycles. The molecule has 0 aliphatic heterocycles. The number of benzene rings is 1. The first kappa shape index (κ1) is 16.6. The lowest BCUT2D eigenvalue weighted by Gasteiger charge is -2.23. The highest BCUT2D eigenvalue weighted by Gasteiger charge is 2.17. The maximum Gasteiger partial charge on any atom is 0.239 e. The molecule has 0 bridgehead atoms. The highest BCUT2D eigenvalue weighted by Crippen LogP contribution is 2.10. The smallest absolute Gasteiger partial charge is 0.239 e. The molecule has 2 N–H and O–H groups in total. The number of nitrogens with zero attached hydrogens (tertiary/aromatic N) is 1. The van der Waals surface area contributed by atoms with Crippen molar-refractivity contribution in [2.45, 2.75) is 19.5 Å². The van der Waals surface area contributed by atoms with Crippen LogP contribution >= 0.6 is 12.4 Å². The van der Waals surface area contributed by atoms with Gasteiger partial charge < -0.3 is 10.6 Å². The normalized spacial score (nSPS) is 11.3. The number of amides is 1. The summed E-state index contributed by atoms with van der Waals surface area (Å²) in [5.41, 5.74) is 6.01. The minimum absolute atomic E-state index is 0. The second-order valence-electron chi connectivity index (χ2n) is 3.89. The number of carbonyl (C=O) groups excluding carboxylic acids is 1. The minimum Gasteiger partial charge on any atom is -0.333 e. The van der Waals surface area contributed by atoms with Crippen LogP contribution < -0.4 is 5.73 Å². The van der Waals surface area contributed by atoms with Crippen LogP contribution in [0.5, 0.6) is 0 Å². The summed E-state index contributed by atoms with van der Waals surface area (Å²) in [6.07, 6.45) is 1.60. The molecule has 0 heterocycles. The highest BCUT2D eigenvalue weighted by molar-refractivity contribution is 5.85. The van der Waals surface area contributed by atoms with Crippen molar-refractivity contribution in [2.75, 3.05) is 6.54 Å². The van der Waals surface area contributed by atoms with E-state index in [2.05, 4.69) is 6.58 Å². The van der Waals surface area contributed by atoms with Gasteiger partial charge in [-0.1, -0.05) is 24.3 Å². The zero-order chi connectivity index (χ0) is 12.8. The maximum absolute atomic E-state index is 13.5. The molecule has 1 aromatic carbocycles. The van der Waals surface area contributed by atoms with Crippen molar-refractivity contribution in [3.8, 4) is 0 Å². The molecule has 3 nitrogen and oxygen atoms in total. The van der Waals surface area contributed by atoms with E-state index in [1.54, 1.807) is 31.2 Å². The van der Waals surface area contributed by atoms with Crippen molar-refractivity contribution in [3.05, 3.63) is 48.3 Å². The molecule has 1 rings (SSSR count). The van der Waals surface area contributed by atoms with Crippen LogP contribution in [0.3, 0.4) is 0 Å². The summed E-state index contributed by atoms with van der Waals surface area (Å²) in [4.78, 5) is 13.3. The Morgan fingerprint density at radius 3 is 2.67 bits per heavy atom. The maximum atomic E-state index is 13.5. The number of hydrogen-bond acceptors (Lipinski definition) is 2. The highest BCUT2D eigenvalue weighted by atomic mass is 35.5. The van der Waals surface area contributed by atoms with E-state index in [0.29, 0.717) is 12.1 Å². The molecule has 0 aromatic heterocycles. The Morgan fingerprint density at radius 1 is 1.56 bits per heavy atom. The van der Waals surface area contributed by atoms with Gasteiger partial charge >= 0.3 is 0 Å². The number of nitrogens with two attached hydrogens (primary N) is 1. The van der Waals surface area contributed by atoms with E-state index in [1.165, 1.54) is 11.0 Å². The summed E-state index contributed by atoms with van der Waals surface area (Å²) in [6.45, 7) is 5.75. The molecule has 5 heteroatoms. The largest absolute Gasteiger partial charge is 0.333 e. The monoisotopic (exact) mass is 272 g/mol. The molecule has 0 unspecified atom stereocenters. The molecule has 1 atom stereocenters. The van der Waals surface area contributed by atoms with Gasteiger partial charge in [0, 0.05) is 18.7 Å². The van der Waals surface area contributed by atoms with Gasteiger partial charge in [0.05, 0.1) is 6.04 Å². The molecule has 0 fully saturated rings. The Kier molecular flexibility index (Phi) is 7.24. The van der Waals surface area contributed by atoms with E-state index in [-0.39, 0.29) is 30.7 Å². The molecule has 0 aliphatic rings. The molecular weight excluding hydrogens is 255 g/mol. The van der Waals surface area contributed by atoms with Crippen molar-refractivity contribution in [3.63, 3.8) is 0 Å². The Balaban J connectivity index is 0.00000289. The van der Waals surface area contributed by atoms with E-state index in [1.807, 2.05) is 0 Å². The molecule has 0 saturated carbocycles. The first-order valence-corrected chi connectivity index (χ1v) is 5.45. The van der Waals surface area contributed by atoms with Crippen LogP contribution in [0.4, 0.5) is 4.39 Å². The molecule has 0 spiro atoms. The lowest BCUT2D eigenvalue weighted by Crippen LogP contribution is -2.41. The second-order valence-corrected chi connectivity index (χ2v) is 3.89. The average molecular weight is 273 g/mol. The number of carbonyl (C=O) groups is 1. The van der Waals surface area contributed by atoms with Gasteiger partial charge in [0.2, 0.25) is 5.91 Å². The summed E-state index contributed by atoms with van der Waals surface area (Å²) < 4.78 is 13.5. The molecule has 100 valence electrons.